The molecular formula is C20H22O7. The molecule has 0 aliphatic carbocycles. The summed E-state index contributed by atoms with van der Waals surface area (Å²) in [6.07, 6.45) is 2.86. The van der Waals surface area contributed by atoms with Gasteiger partial charge in [-0.15, -0.1) is 0 Å². The SMILES string of the molecule is COc1cc(/C=C/C(=O)Oc2c(OC)cccc2OC)cc(OC)c1OC. The molecule has 0 bridgehead atoms. The van der Waals surface area contributed by atoms with Gasteiger partial charge in [-0.1, -0.05) is 6.07 Å². The number of benzene rings is 2. The smallest absolute Gasteiger partial charge is 0.336 e. The Labute approximate surface area is 158 Å². The molecule has 0 aliphatic heterocycles. The molecule has 144 valence electrons. The molecule has 7 heteroatoms. The second-order valence-corrected chi connectivity index (χ2v) is 5.20. The van der Waals surface area contributed by atoms with E-state index in [-0.39, 0.29) is 5.75 Å². The van der Waals surface area contributed by atoms with Crippen LogP contribution in [0.3, 0.4) is 0 Å². The first-order valence-corrected chi connectivity index (χ1v) is 7.98. The van der Waals surface area contributed by atoms with E-state index in [0.29, 0.717) is 34.3 Å². The van der Waals surface area contributed by atoms with Gasteiger partial charge in [-0.25, -0.2) is 4.79 Å². The Balaban J connectivity index is 2.25. The number of methoxy groups -OCH3 is 5. The Morgan fingerprint density at radius 2 is 1.26 bits per heavy atom. The van der Waals surface area contributed by atoms with Crippen LogP contribution in [0.2, 0.25) is 0 Å². The molecule has 0 saturated carbocycles. The zero-order valence-electron chi connectivity index (χ0n) is 15.9. The van der Waals surface area contributed by atoms with E-state index in [2.05, 4.69) is 0 Å². The van der Waals surface area contributed by atoms with Gasteiger partial charge in [-0.05, 0) is 35.9 Å². The monoisotopic (exact) mass is 374 g/mol. The van der Waals surface area contributed by atoms with Crippen LogP contribution in [-0.4, -0.2) is 41.5 Å². The number of ether oxygens (including phenoxy) is 6. The van der Waals surface area contributed by atoms with Crippen LogP contribution >= 0.6 is 0 Å². The van der Waals surface area contributed by atoms with Crippen molar-refractivity contribution >= 4 is 12.0 Å². The van der Waals surface area contributed by atoms with Crippen molar-refractivity contribution in [3.8, 4) is 34.5 Å². The summed E-state index contributed by atoms with van der Waals surface area (Å²) in [5.41, 5.74) is 0.674. The zero-order valence-corrected chi connectivity index (χ0v) is 15.9. The van der Waals surface area contributed by atoms with Crippen molar-refractivity contribution in [3.05, 3.63) is 42.0 Å². The standard InChI is InChI=1S/C20H22O7/c1-22-14-7-6-8-15(23-2)20(14)27-18(21)10-9-13-11-16(24-3)19(26-5)17(12-13)25-4/h6-12H,1-5H3/b10-9+. The first kappa shape index (κ1) is 20.0. The average Bonchev–Trinajstić information content (AvgIpc) is 2.71. The van der Waals surface area contributed by atoms with Gasteiger partial charge in [0.05, 0.1) is 35.5 Å². The highest BCUT2D eigenvalue weighted by molar-refractivity contribution is 5.89. The van der Waals surface area contributed by atoms with Crippen LogP contribution in [0.15, 0.2) is 36.4 Å². The lowest BCUT2D eigenvalue weighted by atomic mass is 10.1. The second-order valence-electron chi connectivity index (χ2n) is 5.20. The van der Waals surface area contributed by atoms with E-state index >= 15 is 0 Å². The molecule has 2 aromatic rings. The number of hydrogen-bond donors (Lipinski definition) is 0. The summed E-state index contributed by atoms with van der Waals surface area (Å²) >= 11 is 0. The second kappa shape index (κ2) is 9.38. The van der Waals surface area contributed by atoms with Crippen molar-refractivity contribution in [1.29, 1.82) is 0 Å². The van der Waals surface area contributed by atoms with Gasteiger partial charge >= 0.3 is 5.97 Å². The Kier molecular flexibility index (Phi) is 6.93. The largest absolute Gasteiger partial charge is 0.493 e. The van der Waals surface area contributed by atoms with Crippen molar-refractivity contribution in [1.82, 2.24) is 0 Å². The summed E-state index contributed by atoms with van der Waals surface area (Å²) in [5, 5.41) is 0. The van der Waals surface area contributed by atoms with Gasteiger partial charge in [-0.3, -0.25) is 0 Å². The van der Waals surface area contributed by atoms with Crippen molar-refractivity contribution in [3.63, 3.8) is 0 Å². The maximum absolute atomic E-state index is 12.2. The zero-order chi connectivity index (χ0) is 19.8. The molecule has 0 radical (unpaired) electrons. The van der Waals surface area contributed by atoms with Gasteiger partial charge in [0.1, 0.15) is 0 Å². The topological polar surface area (TPSA) is 72.5 Å². The minimum atomic E-state index is -0.591. The van der Waals surface area contributed by atoms with Crippen molar-refractivity contribution in [2.45, 2.75) is 0 Å². The molecule has 0 spiro atoms. The van der Waals surface area contributed by atoms with E-state index < -0.39 is 5.97 Å². The number of para-hydroxylation sites is 1. The lowest BCUT2D eigenvalue weighted by Crippen LogP contribution is -2.06. The first-order valence-electron chi connectivity index (χ1n) is 7.98. The van der Waals surface area contributed by atoms with E-state index in [1.54, 1.807) is 36.4 Å². The Morgan fingerprint density at radius 1 is 0.741 bits per heavy atom. The van der Waals surface area contributed by atoms with Crippen LogP contribution in [-0.2, 0) is 4.79 Å². The van der Waals surface area contributed by atoms with Gasteiger partial charge in [0.25, 0.3) is 0 Å². The Hall–Kier alpha value is -3.35. The fraction of sp³-hybridized carbons (Fsp3) is 0.250. The van der Waals surface area contributed by atoms with Crippen LogP contribution in [0.4, 0.5) is 0 Å². The van der Waals surface area contributed by atoms with E-state index in [0.717, 1.165) is 0 Å². The fourth-order valence-electron chi connectivity index (χ4n) is 2.41. The third-order valence-electron chi connectivity index (χ3n) is 3.68. The van der Waals surface area contributed by atoms with Gasteiger partial charge in [0.15, 0.2) is 23.0 Å². The molecule has 2 rings (SSSR count). The van der Waals surface area contributed by atoms with Gasteiger partial charge in [0.2, 0.25) is 11.5 Å². The van der Waals surface area contributed by atoms with Crippen LogP contribution in [0.5, 0.6) is 34.5 Å². The molecule has 7 nitrogen and oxygen atoms in total. The number of hydrogen-bond acceptors (Lipinski definition) is 7. The normalized spacial score (nSPS) is 10.4. The quantitative estimate of drug-likeness (QED) is 0.399. The Bertz CT molecular complexity index is 780. The molecule has 0 atom stereocenters. The van der Waals surface area contributed by atoms with Crippen LogP contribution in [0.1, 0.15) is 5.56 Å². The average molecular weight is 374 g/mol. The van der Waals surface area contributed by atoms with Gasteiger partial charge in [-0.2, -0.15) is 0 Å². The third-order valence-corrected chi connectivity index (χ3v) is 3.68. The molecule has 0 fully saturated rings. The lowest BCUT2D eigenvalue weighted by Gasteiger charge is -2.13. The molecule has 0 N–H and O–H groups in total. The minimum Gasteiger partial charge on any atom is -0.493 e. The molecule has 2 aromatic carbocycles. The van der Waals surface area contributed by atoms with Gasteiger partial charge in [0, 0.05) is 6.08 Å². The van der Waals surface area contributed by atoms with Crippen molar-refractivity contribution in [2.75, 3.05) is 35.5 Å². The van der Waals surface area contributed by atoms with E-state index in [1.165, 1.54) is 41.6 Å². The number of carbonyl (C=O) groups is 1. The summed E-state index contributed by atoms with van der Waals surface area (Å²) in [5.74, 6) is 1.84. The predicted molar refractivity (Wildman–Crippen MR) is 100 cm³/mol. The number of rotatable bonds is 8. The molecule has 27 heavy (non-hydrogen) atoms. The Morgan fingerprint density at radius 3 is 1.70 bits per heavy atom. The molecule has 0 aliphatic rings. The number of esters is 1. The summed E-state index contributed by atoms with van der Waals surface area (Å²) in [6, 6.07) is 8.52. The van der Waals surface area contributed by atoms with E-state index in [4.69, 9.17) is 28.4 Å². The van der Waals surface area contributed by atoms with Crippen LogP contribution < -0.4 is 28.4 Å². The number of carbonyl (C=O) groups excluding carboxylic acids is 1. The van der Waals surface area contributed by atoms with Gasteiger partial charge < -0.3 is 28.4 Å². The first-order chi connectivity index (χ1) is 13.1. The highest BCUT2D eigenvalue weighted by atomic mass is 16.6. The van der Waals surface area contributed by atoms with E-state index in [9.17, 15) is 4.79 Å². The molecule has 0 aromatic heterocycles. The highest BCUT2D eigenvalue weighted by Crippen LogP contribution is 2.39. The lowest BCUT2D eigenvalue weighted by molar-refractivity contribution is -0.129. The molecular weight excluding hydrogens is 352 g/mol. The fourth-order valence-corrected chi connectivity index (χ4v) is 2.41. The summed E-state index contributed by atoms with van der Waals surface area (Å²) < 4.78 is 31.7. The summed E-state index contributed by atoms with van der Waals surface area (Å²) in [6.45, 7) is 0. The molecule has 0 heterocycles. The summed E-state index contributed by atoms with van der Waals surface area (Å²) in [7, 11) is 7.53. The predicted octanol–water partition coefficient (Wildman–Crippen LogP) is 3.35. The highest BCUT2D eigenvalue weighted by Gasteiger charge is 2.15. The molecule has 0 amide bonds. The van der Waals surface area contributed by atoms with Crippen LogP contribution in [0.25, 0.3) is 6.08 Å². The maximum Gasteiger partial charge on any atom is 0.336 e. The summed E-state index contributed by atoms with van der Waals surface area (Å²) in [4.78, 5) is 12.2. The molecule has 0 saturated heterocycles. The van der Waals surface area contributed by atoms with Crippen LogP contribution in [0, 0.1) is 0 Å². The van der Waals surface area contributed by atoms with Crippen molar-refractivity contribution < 1.29 is 33.2 Å². The third kappa shape index (κ3) is 4.63. The van der Waals surface area contributed by atoms with E-state index in [1.807, 2.05) is 0 Å². The molecule has 0 unspecified atom stereocenters. The minimum absolute atomic E-state index is 0.210. The van der Waals surface area contributed by atoms with Crippen molar-refractivity contribution in [2.24, 2.45) is 0 Å². The maximum atomic E-state index is 12.2.